The zero-order chi connectivity index (χ0) is 16.0. The summed E-state index contributed by atoms with van der Waals surface area (Å²) in [5.41, 5.74) is 2.67. The van der Waals surface area contributed by atoms with E-state index in [0.29, 0.717) is 5.56 Å². The molecule has 0 saturated heterocycles. The third-order valence-electron chi connectivity index (χ3n) is 3.03. The second-order valence-corrected chi connectivity index (χ2v) is 6.70. The van der Waals surface area contributed by atoms with Crippen molar-refractivity contribution in [3.8, 4) is 11.1 Å². The average Bonchev–Trinajstić information content (AvgIpc) is 2.51. The highest BCUT2D eigenvalue weighted by Crippen LogP contribution is 2.19. The standard InChI is InChI=1S/C16H18N2O3S/c1-22(20,21)18-12-11-17-16(19)15-9-7-14(8-10-15)13-5-3-2-4-6-13/h2-10,18H,11-12H2,1H3,(H,17,19). The monoisotopic (exact) mass is 318 g/mol. The van der Waals surface area contributed by atoms with Crippen molar-refractivity contribution in [1.29, 1.82) is 0 Å². The van der Waals surface area contributed by atoms with Crippen LogP contribution in [0.2, 0.25) is 0 Å². The van der Waals surface area contributed by atoms with Gasteiger partial charge in [0.2, 0.25) is 10.0 Å². The van der Waals surface area contributed by atoms with Crippen LogP contribution in [0.4, 0.5) is 0 Å². The van der Waals surface area contributed by atoms with Gasteiger partial charge in [-0.25, -0.2) is 13.1 Å². The molecule has 0 saturated carbocycles. The first kappa shape index (κ1) is 16.2. The molecule has 0 radical (unpaired) electrons. The molecule has 0 fully saturated rings. The highest BCUT2D eigenvalue weighted by molar-refractivity contribution is 7.88. The van der Waals surface area contributed by atoms with Gasteiger partial charge in [-0.3, -0.25) is 4.79 Å². The summed E-state index contributed by atoms with van der Waals surface area (Å²) in [4.78, 5) is 11.9. The fraction of sp³-hybridized carbons (Fsp3) is 0.188. The van der Waals surface area contributed by atoms with Crippen molar-refractivity contribution < 1.29 is 13.2 Å². The van der Waals surface area contributed by atoms with Crippen molar-refractivity contribution >= 4 is 15.9 Å². The Morgan fingerprint density at radius 2 is 1.50 bits per heavy atom. The molecule has 2 aromatic rings. The molecule has 22 heavy (non-hydrogen) atoms. The highest BCUT2D eigenvalue weighted by atomic mass is 32.2. The number of carbonyl (C=O) groups excluding carboxylic acids is 1. The van der Waals surface area contributed by atoms with Gasteiger partial charge in [0.25, 0.3) is 5.91 Å². The van der Waals surface area contributed by atoms with Crippen LogP contribution in [-0.4, -0.2) is 33.7 Å². The van der Waals surface area contributed by atoms with Crippen LogP contribution in [-0.2, 0) is 10.0 Å². The molecule has 0 unspecified atom stereocenters. The molecule has 0 aliphatic heterocycles. The Morgan fingerprint density at radius 1 is 0.909 bits per heavy atom. The maximum Gasteiger partial charge on any atom is 0.251 e. The van der Waals surface area contributed by atoms with Gasteiger partial charge in [0.05, 0.1) is 6.26 Å². The van der Waals surface area contributed by atoms with Crippen LogP contribution >= 0.6 is 0 Å². The summed E-state index contributed by atoms with van der Waals surface area (Å²) >= 11 is 0. The third kappa shape index (κ3) is 4.98. The molecule has 116 valence electrons. The van der Waals surface area contributed by atoms with Gasteiger partial charge in [-0.2, -0.15) is 0 Å². The normalized spacial score (nSPS) is 11.1. The number of hydrogen-bond donors (Lipinski definition) is 2. The topological polar surface area (TPSA) is 75.3 Å². The summed E-state index contributed by atoms with van der Waals surface area (Å²) in [6.07, 6.45) is 1.08. The minimum absolute atomic E-state index is 0.173. The molecule has 0 atom stereocenters. The van der Waals surface area contributed by atoms with Crippen molar-refractivity contribution in [1.82, 2.24) is 10.0 Å². The van der Waals surface area contributed by atoms with E-state index in [0.717, 1.165) is 17.4 Å². The van der Waals surface area contributed by atoms with E-state index in [1.807, 2.05) is 42.5 Å². The SMILES string of the molecule is CS(=O)(=O)NCCNC(=O)c1ccc(-c2ccccc2)cc1. The lowest BCUT2D eigenvalue weighted by atomic mass is 10.0. The summed E-state index contributed by atoms with van der Waals surface area (Å²) in [5, 5.41) is 2.66. The Hall–Kier alpha value is -2.18. The van der Waals surface area contributed by atoms with E-state index in [2.05, 4.69) is 10.0 Å². The lowest BCUT2D eigenvalue weighted by molar-refractivity contribution is 0.0954. The molecule has 1 amide bonds. The maximum atomic E-state index is 11.9. The lowest BCUT2D eigenvalue weighted by Crippen LogP contribution is -2.34. The van der Waals surface area contributed by atoms with E-state index in [1.54, 1.807) is 12.1 Å². The van der Waals surface area contributed by atoms with Gasteiger partial charge in [-0.1, -0.05) is 42.5 Å². The number of rotatable bonds is 6. The molecule has 0 spiro atoms. The number of benzene rings is 2. The summed E-state index contributed by atoms with van der Waals surface area (Å²) in [6.45, 7) is 0.416. The Balaban J connectivity index is 1.91. The molecule has 2 N–H and O–H groups in total. The largest absolute Gasteiger partial charge is 0.351 e. The predicted octanol–water partition coefficient (Wildman–Crippen LogP) is 1.63. The van der Waals surface area contributed by atoms with Gasteiger partial charge in [0, 0.05) is 18.7 Å². The number of amides is 1. The van der Waals surface area contributed by atoms with Crippen LogP contribution in [0.5, 0.6) is 0 Å². The first-order chi connectivity index (χ1) is 10.5. The molecule has 6 heteroatoms. The lowest BCUT2D eigenvalue weighted by Gasteiger charge is -2.07. The summed E-state index contributed by atoms with van der Waals surface area (Å²) in [6, 6.07) is 17.2. The van der Waals surface area contributed by atoms with Crippen LogP contribution in [0.3, 0.4) is 0 Å². The quantitative estimate of drug-likeness (QED) is 0.795. The van der Waals surface area contributed by atoms with Crippen LogP contribution in [0, 0.1) is 0 Å². The number of nitrogens with one attached hydrogen (secondary N) is 2. The van der Waals surface area contributed by atoms with Gasteiger partial charge < -0.3 is 5.32 Å². The zero-order valence-electron chi connectivity index (χ0n) is 12.2. The van der Waals surface area contributed by atoms with Gasteiger partial charge in [-0.15, -0.1) is 0 Å². The Bertz CT molecular complexity index is 726. The second-order valence-electron chi connectivity index (χ2n) is 4.87. The van der Waals surface area contributed by atoms with Crippen molar-refractivity contribution in [2.24, 2.45) is 0 Å². The second kappa shape index (κ2) is 7.20. The zero-order valence-corrected chi connectivity index (χ0v) is 13.1. The van der Waals surface area contributed by atoms with Gasteiger partial charge in [-0.05, 0) is 23.3 Å². The molecule has 2 rings (SSSR count). The van der Waals surface area contributed by atoms with Crippen LogP contribution in [0.25, 0.3) is 11.1 Å². The van der Waals surface area contributed by atoms with Crippen LogP contribution < -0.4 is 10.0 Å². The van der Waals surface area contributed by atoms with Gasteiger partial charge in [0.15, 0.2) is 0 Å². The van der Waals surface area contributed by atoms with Crippen LogP contribution in [0.15, 0.2) is 54.6 Å². The van der Waals surface area contributed by atoms with Crippen molar-refractivity contribution in [3.05, 3.63) is 60.2 Å². The first-order valence-corrected chi connectivity index (χ1v) is 8.73. The smallest absolute Gasteiger partial charge is 0.251 e. The fourth-order valence-electron chi connectivity index (χ4n) is 1.96. The molecular weight excluding hydrogens is 300 g/mol. The van der Waals surface area contributed by atoms with E-state index in [9.17, 15) is 13.2 Å². The van der Waals surface area contributed by atoms with Crippen molar-refractivity contribution in [2.45, 2.75) is 0 Å². The highest BCUT2D eigenvalue weighted by Gasteiger charge is 2.06. The Kier molecular flexibility index (Phi) is 5.30. The Morgan fingerprint density at radius 3 is 2.09 bits per heavy atom. The summed E-state index contributed by atoms with van der Waals surface area (Å²) in [5.74, 6) is -0.227. The molecule has 0 heterocycles. The average molecular weight is 318 g/mol. The summed E-state index contributed by atoms with van der Waals surface area (Å²) in [7, 11) is -3.22. The van der Waals surface area contributed by atoms with Gasteiger partial charge >= 0.3 is 0 Å². The molecule has 0 aliphatic carbocycles. The third-order valence-corrected chi connectivity index (χ3v) is 3.76. The van der Waals surface area contributed by atoms with Gasteiger partial charge in [0.1, 0.15) is 0 Å². The summed E-state index contributed by atoms with van der Waals surface area (Å²) < 4.78 is 24.1. The van der Waals surface area contributed by atoms with Crippen LogP contribution in [0.1, 0.15) is 10.4 Å². The maximum absolute atomic E-state index is 11.9. The minimum Gasteiger partial charge on any atom is -0.351 e. The number of hydrogen-bond acceptors (Lipinski definition) is 3. The van der Waals surface area contributed by atoms with E-state index in [-0.39, 0.29) is 19.0 Å². The van der Waals surface area contributed by atoms with E-state index in [4.69, 9.17) is 0 Å². The molecule has 0 aliphatic rings. The molecule has 5 nitrogen and oxygen atoms in total. The molecular formula is C16H18N2O3S. The number of sulfonamides is 1. The molecule has 0 aromatic heterocycles. The van der Waals surface area contributed by atoms with E-state index in [1.165, 1.54) is 0 Å². The van der Waals surface area contributed by atoms with Crippen molar-refractivity contribution in [3.63, 3.8) is 0 Å². The Labute approximate surface area is 130 Å². The van der Waals surface area contributed by atoms with E-state index >= 15 is 0 Å². The minimum atomic E-state index is -3.22. The molecule has 0 bridgehead atoms. The molecule has 2 aromatic carbocycles. The fourth-order valence-corrected chi connectivity index (χ4v) is 2.43. The number of carbonyl (C=O) groups is 1. The predicted molar refractivity (Wildman–Crippen MR) is 87.1 cm³/mol. The van der Waals surface area contributed by atoms with E-state index < -0.39 is 10.0 Å². The van der Waals surface area contributed by atoms with Crippen molar-refractivity contribution in [2.75, 3.05) is 19.3 Å². The first-order valence-electron chi connectivity index (χ1n) is 6.84.